The number of cyclic esters (lactones) is 1. The fourth-order valence-corrected chi connectivity index (χ4v) is 7.10. The van der Waals surface area contributed by atoms with Gasteiger partial charge in [0.2, 0.25) is 0 Å². The van der Waals surface area contributed by atoms with Gasteiger partial charge in [0, 0.05) is 25.4 Å². The Labute approximate surface area is 233 Å². The largest absolute Gasteiger partial charge is 0.457 e. The van der Waals surface area contributed by atoms with Gasteiger partial charge in [0.25, 0.3) is 0 Å². The van der Waals surface area contributed by atoms with Crippen LogP contribution < -0.4 is 0 Å². The van der Waals surface area contributed by atoms with Gasteiger partial charge in [0.15, 0.2) is 5.79 Å². The van der Waals surface area contributed by atoms with Crippen molar-refractivity contribution < 1.29 is 34.0 Å². The number of Topliss-reactive ketones (excluding diaryl/α,β-unsaturated/α-hetero) is 1. The Morgan fingerprint density at radius 2 is 2.03 bits per heavy atom. The zero-order chi connectivity index (χ0) is 28.0. The van der Waals surface area contributed by atoms with Crippen molar-refractivity contribution in [3.63, 3.8) is 0 Å². The molecule has 0 bridgehead atoms. The lowest BCUT2D eigenvalue weighted by Crippen LogP contribution is -2.51. The molecule has 0 amide bonds. The van der Waals surface area contributed by atoms with E-state index in [0.29, 0.717) is 44.3 Å². The molecule has 3 heterocycles. The highest BCUT2D eigenvalue weighted by molar-refractivity contribution is 7.18. The Balaban J connectivity index is 1.45. The van der Waals surface area contributed by atoms with E-state index in [1.54, 1.807) is 17.4 Å². The summed E-state index contributed by atoms with van der Waals surface area (Å²) < 4.78 is 18.9. The summed E-state index contributed by atoms with van der Waals surface area (Å²) >= 11 is 1.58. The van der Waals surface area contributed by atoms with Gasteiger partial charge in [-0.15, -0.1) is 17.9 Å². The highest BCUT2D eigenvalue weighted by Crippen LogP contribution is 2.54. The molecule has 1 saturated carbocycles. The van der Waals surface area contributed by atoms with Gasteiger partial charge < -0.3 is 24.4 Å². The minimum Gasteiger partial charge on any atom is -0.457 e. The monoisotopic (exact) mass is 557 g/mol. The van der Waals surface area contributed by atoms with E-state index in [4.69, 9.17) is 14.2 Å². The van der Waals surface area contributed by atoms with Crippen molar-refractivity contribution in [3.8, 4) is 0 Å². The lowest BCUT2D eigenvalue weighted by molar-refractivity contribution is -0.163. The average molecular weight is 558 g/mol. The molecule has 3 aliphatic rings. The van der Waals surface area contributed by atoms with Crippen molar-refractivity contribution in [3.05, 3.63) is 41.4 Å². The third-order valence-corrected chi connectivity index (χ3v) is 9.91. The van der Waals surface area contributed by atoms with Crippen LogP contribution in [0.25, 0.3) is 10.2 Å². The molecule has 2 aromatic rings. The molecule has 2 aliphatic heterocycles. The molecular formula is C30H39NO7S. The van der Waals surface area contributed by atoms with Crippen LogP contribution in [-0.4, -0.2) is 57.2 Å². The van der Waals surface area contributed by atoms with E-state index in [2.05, 4.69) is 11.6 Å². The van der Waals surface area contributed by atoms with Crippen LogP contribution in [0.2, 0.25) is 0 Å². The van der Waals surface area contributed by atoms with E-state index in [0.717, 1.165) is 21.6 Å². The topological polar surface area (TPSA) is 118 Å². The summed E-state index contributed by atoms with van der Waals surface area (Å²) in [5, 5.41) is 23.6. The Hall–Kier alpha value is -2.17. The number of epoxide rings is 1. The second-order valence-corrected chi connectivity index (χ2v) is 13.0. The molecule has 0 radical (unpaired) electrons. The summed E-state index contributed by atoms with van der Waals surface area (Å²) in [7, 11) is 0. The molecule has 212 valence electrons. The Morgan fingerprint density at radius 1 is 1.26 bits per heavy atom. The second-order valence-electron chi connectivity index (χ2n) is 11.7. The normalized spacial score (nSPS) is 35.7. The number of aliphatic hydroxyl groups excluding tert-OH is 1. The third kappa shape index (κ3) is 5.44. The second kappa shape index (κ2) is 10.7. The standard InChI is InChI=1S/C30H39NO7S/c1-5-7-21-14-18(2)36-13-12-28(4)30(35,38-28)17-23(20-8-9-24-22(15-20)31-19(3)39-24)37-26(33)16-25(32)29(27(21)34)10-6-11-29/h5,8-9,15,18,21,23,25,32,35H,1,6-7,10-14,16-17H2,2-4H3/t18-,21-,23+,25+,28-,30+/m1/s1. The first-order valence-corrected chi connectivity index (χ1v) is 14.7. The van der Waals surface area contributed by atoms with Crippen LogP contribution in [-0.2, 0) is 23.8 Å². The molecule has 1 aliphatic carbocycles. The van der Waals surface area contributed by atoms with Gasteiger partial charge in [-0.1, -0.05) is 18.6 Å². The number of allylic oxidation sites excluding steroid dienone is 1. The number of esters is 1. The molecule has 1 spiro atoms. The van der Waals surface area contributed by atoms with Crippen LogP contribution in [0.5, 0.6) is 0 Å². The molecule has 1 aromatic heterocycles. The lowest BCUT2D eigenvalue weighted by atomic mass is 9.59. The summed E-state index contributed by atoms with van der Waals surface area (Å²) in [6.07, 6.45) is 2.59. The molecule has 5 rings (SSSR count). The van der Waals surface area contributed by atoms with Crippen molar-refractivity contribution in [1.82, 2.24) is 4.98 Å². The maximum Gasteiger partial charge on any atom is 0.309 e. The van der Waals surface area contributed by atoms with Gasteiger partial charge in [0.1, 0.15) is 17.5 Å². The third-order valence-electron chi connectivity index (χ3n) is 8.96. The number of thiazole rings is 1. The average Bonchev–Trinajstić information content (AvgIpc) is 3.15. The minimum atomic E-state index is -1.50. The molecule has 8 nitrogen and oxygen atoms in total. The highest BCUT2D eigenvalue weighted by Gasteiger charge is 2.67. The maximum atomic E-state index is 13.8. The Morgan fingerprint density at radius 3 is 2.72 bits per heavy atom. The number of hydrogen-bond acceptors (Lipinski definition) is 9. The van der Waals surface area contributed by atoms with E-state index in [1.165, 1.54) is 0 Å². The van der Waals surface area contributed by atoms with Crippen molar-refractivity contribution in [1.29, 1.82) is 0 Å². The number of rotatable bonds is 3. The highest BCUT2D eigenvalue weighted by atomic mass is 32.1. The van der Waals surface area contributed by atoms with E-state index in [9.17, 15) is 19.8 Å². The van der Waals surface area contributed by atoms with Crippen LogP contribution >= 0.6 is 11.3 Å². The van der Waals surface area contributed by atoms with Gasteiger partial charge >= 0.3 is 5.97 Å². The number of ether oxygens (including phenoxy) is 3. The Bertz CT molecular complexity index is 1260. The summed E-state index contributed by atoms with van der Waals surface area (Å²) in [6, 6.07) is 5.68. The molecule has 0 unspecified atom stereocenters. The van der Waals surface area contributed by atoms with Gasteiger partial charge in [-0.25, -0.2) is 4.98 Å². The van der Waals surface area contributed by atoms with Gasteiger partial charge in [0.05, 0.1) is 39.3 Å². The van der Waals surface area contributed by atoms with Crippen LogP contribution in [0.3, 0.4) is 0 Å². The fourth-order valence-electron chi connectivity index (χ4n) is 6.29. The minimum absolute atomic E-state index is 0.0238. The number of aromatic nitrogens is 1. The molecule has 3 fully saturated rings. The number of aliphatic hydroxyl groups is 2. The number of fused-ring (bicyclic) bond motifs is 2. The van der Waals surface area contributed by atoms with Crippen LogP contribution in [0.1, 0.15) is 81.9 Å². The number of aryl methyl sites for hydroxylation is 1. The first-order chi connectivity index (χ1) is 18.5. The first-order valence-electron chi connectivity index (χ1n) is 13.9. The van der Waals surface area contributed by atoms with Crippen molar-refractivity contribution in [2.75, 3.05) is 6.61 Å². The fraction of sp³-hybridized carbons (Fsp3) is 0.633. The summed E-state index contributed by atoms with van der Waals surface area (Å²) in [5.74, 6) is -2.49. The molecule has 9 heteroatoms. The van der Waals surface area contributed by atoms with E-state index in [-0.39, 0.29) is 30.6 Å². The predicted molar refractivity (Wildman–Crippen MR) is 147 cm³/mol. The van der Waals surface area contributed by atoms with Crippen LogP contribution in [0, 0.1) is 18.3 Å². The first kappa shape index (κ1) is 28.4. The van der Waals surface area contributed by atoms with Crippen LogP contribution in [0.4, 0.5) is 0 Å². The van der Waals surface area contributed by atoms with E-state index >= 15 is 0 Å². The van der Waals surface area contributed by atoms with E-state index in [1.807, 2.05) is 39.0 Å². The van der Waals surface area contributed by atoms with Gasteiger partial charge in [-0.05, 0) is 64.2 Å². The SMILES string of the molecule is C=CC[C@@H]1C[C@@H](C)OCC[C@@]2(C)O[C@@]2(O)C[C@@H](c2ccc3sc(C)nc3c2)OC(=O)C[C@H](O)C2(CCC2)C1=O. The summed E-state index contributed by atoms with van der Waals surface area (Å²) in [6.45, 7) is 9.86. The number of carbonyl (C=O) groups excluding carboxylic acids is 2. The number of ketones is 1. The lowest BCUT2D eigenvalue weighted by Gasteiger charge is -2.46. The van der Waals surface area contributed by atoms with Crippen molar-refractivity contribution in [2.45, 2.75) is 102 Å². The van der Waals surface area contributed by atoms with Gasteiger partial charge in [-0.2, -0.15) is 0 Å². The molecule has 39 heavy (non-hydrogen) atoms. The zero-order valence-corrected chi connectivity index (χ0v) is 23.8. The molecule has 2 saturated heterocycles. The van der Waals surface area contributed by atoms with Crippen molar-refractivity contribution in [2.24, 2.45) is 11.3 Å². The molecule has 6 atom stereocenters. The smallest absolute Gasteiger partial charge is 0.309 e. The quantitative estimate of drug-likeness (QED) is 0.310. The molecular weight excluding hydrogens is 518 g/mol. The number of benzene rings is 1. The molecule has 1 aromatic carbocycles. The summed E-state index contributed by atoms with van der Waals surface area (Å²) in [5.41, 5.74) is -0.346. The van der Waals surface area contributed by atoms with Gasteiger partial charge in [-0.3, -0.25) is 9.59 Å². The summed E-state index contributed by atoms with van der Waals surface area (Å²) in [4.78, 5) is 31.6. The zero-order valence-electron chi connectivity index (χ0n) is 23.0. The molecule has 2 N–H and O–H groups in total. The van der Waals surface area contributed by atoms with E-state index < -0.39 is 35.0 Å². The number of carbonyl (C=O) groups is 2. The van der Waals surface area contributed by atoms with Crippen molar-refractivity contribution >= 4 is 33.3 Å². The number of nitrogens with zero attached hydrogens (tertiary/aromatic N) is 1. The maximum absolute atomic E-state index is 13.8. The Kier molecular flexibility index (Phi) is 7.76. The number of hydrogen-bond donors (Lipinski definition) is 2. The predicted octanol–water partition coefficient (Wildman–Crippen LogP) is 4.94. The van der Waals surface area contributed by atoms with Crippen LogP contribution in [0.15, 0.2) is 30.9 Å².